The van der Waals surface area contributed by atoms with Gasteiger partial charge in [-0.05, 0) is 39.2 Å². The molecule has 0 spiro atoms. The zero-order valence-electron chi connectivity index (χ0n) is 16.0. The lowest BCUT2D eigenvalue weighted by atomic mass is 10.1. The smallest absolute Gasteiger partial charge is 0.224 e. The van der Waals surface area contributed by atoms with Crippen LogP contribution in [0.4, 0.5) is 0 Å². The van der Waals surface area contributed by atoms with E-state index in [0.29, 0.717) is 13.0 Å². The average Bonchev–Trinajstić information content (AvgIpc) is 2.98. The SMILES string of the molecule is Cc1nc(C)c(CN[C@@H]2CC(=O)N(CCCc3ccccc3)C2)nc1C. The fourth-order valence-electron chi connectivity index (χ4n) is 3.41. The van der Waals surface area contributed by atoms with Crippen molar-refractivity contribution in [3.05, 3.63) is 58.7 Å². The number of nitrogens with zero attached hydrogens (tertiary/aromatic N) is 3. The molecule has 1 aromatic heterocycles. The van der Waals surface area contributed by atoms with Crippen LogP contribution in [0.25, 0.3) is 0 Å². The molecule has 5 heteroatoms. The van der Waals surface area contributed by atoms with Crippen molar-refractivity contribution in [1.29, 1.82) is 0 Å². The molecule has 1 atom stereocenters. The molecule has 0 saturated carbocycles. The molecule has 1 saturated heterocycles. The van der Waals surface area contributed by atoms with Crippen molar-refractivity contribution < 1.29 is 4.79 Å². The summed E-state index contributed by atoms with van der Waals surface area (Å²) in [7, 11) is 0. The van der Waals surface area contributed by atoms with Gasteiger partial charge in [-0.15, -0.1) is 0 Å². The summed E-state index contributed by atoms with van der Waals surface area (Å²) in [6, 6.07) is 10.6. The lowest BCUT2D eigenvalue weighted by Crippen LogP contribution is -2.33. The van der Waals surface area contributed by atoms with Gasteiger partial charge in [-0.25, -0.2) is 0 Å². The van der Waals surface area contributed by atoms with Gasteiger partial charge in [-0.2, -0.15) is 0 Å². The predicted octanol–water partition coefficient (Wildman–Crippen LogP) is 2.73. The number of rotatable bonds is 7. The van der Waals surface area contributed by atoms with Gasteiger partial charge in [-0.3, -0.25) is 14.8 Å². The van der Waals surface area contributed by atoms with E-state index in [1.54, 1.807) is 0 Å². The van der Waals surface area contributed by atoms with E-state index < -0.39 is 0 Å². The molecule has 0 radical (unpaired) electrons. The summed E-state index contributed by atoms with van der Waals surface area (Å²) in [6.07, 6.45) is 2.59. The molecule has 2 aromatic rings. The van der Waals surface area contributed by atoms with Crippen LogP contribution in [0, 0.1) is 20.8 Å². The first-order valence-electron chi connectivity index (χ1n) is 9.38. The van der Waals surface area contributed by atoms with Crippen molar-refractivity contribution in [2.75, 3.05) is 13.1 Å². The summed E-state index contributed by atoms with van der Waals surface area (Å²) in [5.74, 6) is 0.249. The third kappa shape index (κ3) is 4.67. The third-order valence-electron chi connectivity index (χ3n) is 5.09. The minimum Gasteiger partial charge on any atom is -0.341 e. The Kier molecular flexibility index (Phi) is 5.99. The second-order valence-corrected chi connectivity index (χ2v) is 7.14. The minimum absolute atomic E-state index is 0.196. The fourth-order valence-corrected chi connectivity index (χ4v) is 3.41. The van der Waals surface area contributed by atoms with Crippen LogP contribution in [-0.4, -0.2) is 39.9 Å². The van der Waals surface area contributed by atoms with Crippen LogP contribution in [0.15, 0.2) is 30.3 Å². The van der Waals surface area contributed by atoms with Crippen molar-refractivity contribution in [1.82, 2.24) is 20.2 Å². The first-order chi connectivity index (χ1) is 12.5. The molecule has 2 heterocycles. The molecule has 0 unspecified atom stereocenters. The Morgan fingerprint density at radius 2 is 1.81 bits per heavy atom. The number of amides is 1. The van der Waals surface area contributed by atoms with Crippen molar-refractivity contribution in [2.45, 2.75) is 52.6 Å². The van der Waals surface area contributed by atoms with Crippen molar-refractivity contribution >= 4 is 5.91 Å². The fraction of sp³-hybridized carbons (Fsp3) is 0.476. The van der Waals surface area contributed by atoms with Crippen LogP contribution in [-0.2, 0) is 17.8 Å². The topological polar surface area (TPSA) is 58.1 Å². The molecule has 1 N–H and O–H groups in total. The summed E-state index contributed by atoms with van der Waals surface area (Å²) in [6.45, 7) is 8.23. The molecule has 138 valence electrons. The Morgan fingerprint density at radius 1 is 1.08 bits per heavy atom. The number of aromatic nitrogens is 2. The second kappa shape index (κ2) is 8.41. The van der Waals surface area contributed by atoms with Gasteiger partial charge < -0.3 is 10.2 Å². The van der Waals surface area contributed by atoms with Gasteiger partial charge in [0.15, 0.2) is 0 Å². The van der Waals surface area contributed by atoms with Crippen LogP contribution in [0.2, 0.25) is 0 Å². The first-order valence-corrected chi connectivity index (χ1v) is 9.38. The van der Waals surface area contributed by atoms with E-state index in [1.807, 2.05) is 31.7 Å². The van der Waals surface area contributed by atoms with Gasteiger partial charge in [0.2, 0.25) is 5.91 Å². The quantitative estimate of drug-likeness (QED) is 0.832. The summed E-state index contributed by atoms with van der Waals surface area (Å²) in [4.78, 5) is 23.4. The van der Waals surface area contributed by atoms with E-state index in [2.05, 4.69) is 39.6 Å². The second-order valence-electron chi connectivity index (χ2n) is 7.14. The van der Waals surface area contributed by atoms with E-state index in [9.17, 15) is 4.79 Å². The zero-order chi connectivity index (χ0) is 18.5. The van der Waals surface area contributed by atoms with Crippen LogP contribution in [0.5, 0.6) is 0 Å². The number of benzene rings is 1. The Labute approximate surface area is 155 Å². The van der Waals surface area contributed by atoms with Gasteiger partial charge in [0, 0.05) is 32.1 Å². The van der Waals surface area contributed by atoms with E-state index in [4.69, 9.17) is 0 Å². The summed E-state index contributed by atoms with van der Waals surface area (Å²) in [5, 5.41) is 3.49. The Bertz CT molecular complexity index is 760. The van der Waals surface area contributed by atoms with E-state index in [-0.39, 0.29) is 11.9 Å². The molecule has 1 aromatic carbocycles. The van der Waals surface area contributed by atoms with E-state index >= 15 is 0 Å². The lowest BCUT2D eigenvalue weighted by Gasteiger charge is -2.17. The highest BCUT2D eigenvalue weighted by Gasteiger charge is 2.28. The average molecular weight is 352 g/mol. The molecule has 1 aliphatic rings. The molecule has 5 nitrogen and oxygen atoms in total. The van der Waals surface area contributed by atoms with E-state index in [0.717, 1.165) is 48.7 Å². The van der Waals surface area contributed by atoms with Gasteiger partial charge in [-0.1, -0.05) is 30.3 Å². The highest BCUT2D eigenvalue weighted by atomic mass is 16.2. The zero-order valence-corrected chi connectivity index (χ0v) is 16.0. The number of aryl methyl sites for hydroxylation is 4. The molecular weight excluding hydrogens is 324 g/mol. The van der Waals surface area contributed by atoms with Crippen LogP contribution in [0.3, 0.4) is 0 Å². The summed E-state index contributed by atoms with van der Waals surface area (Å²) in [5.41, 5.74) is 5.22. The number of carbonyl (C=O) groups is 1. The van der Waals surface area contributed by atoms with Crippen LogP contribution in [0.1, 0.15) is 41.2 Å². The van der Waals surface area contributed by atoms with Crippen molar-refractivity contribution in [2.24, 2.45) is 0 Å². The molecule has 0 aliphatic carbocycles. The standard InChI is InChI=1S/C21H28N4O/c1-15-16(2)24-20(17(3)23-15)13-22-19-12-21(26)25(14-19)11-7-10-18-8-5-4-6-9-18/h4-6,8-9,19,22H,7,10-14H2,1-3H3/t19-/m1/s1. The van der Waals surface area contributed by atoms with E-state index in [1.165, 1.54) is 5.56 Å². The van der Waals surface area contributed by atoms with Gasteiger partial charge >= 0.3 is 0 Å². The predicted molar refractivity (Wildman–Crippen MR) is 103 cm³/mol. The Balaban J connectivity index is 1.46. The monoisotopic (exact) mass is 352 g/mol. The highest BCUT2D eigenvalue weighted by Crippen LogP contribution is 2.14. The van der Waals surface area contributed by atoms with Crippen molar-refractivity contribution in [3.63, 3.8) is 0 Å². The molecular formula is C21H28N4O. The number of nitrogens with one attached hydrogen (secondary N) is 1. The number of hydrogen-bond donors (Lipinski definition) is 1. The molecule has 1 aliphatic heterocycles. The minimum atomic E-state index is 0.196. The maximum atomic E-state index is 12.3. The third-order valence-corrected chi connectivity index (χ3v) is 5.09. The maximum absolute atomic E-state index is 12.3. The largest absolute Gasteiger partial charge is 0.341 e. The van der Waals surface area contributed by atoms with Crippen LogP contribution < -0.4 is 5.32 Å². The molecule has 1 amide bonds. The van der Waals surface area contributed by atoms with Gasteiger partial charge in [0.1, 0.15) is 0 Å². The molecule has 0 bridgehead atoms. The Hall–Kier alpha value is -2.27. The van der Waals surface area contributed by atoms with Crippen molar-refractivity contribution in [3.8, 4) is 0 Å². The van der Waals surface area contributed by atoms with Crippen LogP contribution >= 0.6 is 0 Å². The number of likely N-dealkylation sites (tertiary alicyclic amines) is 1. The highest BCUT2D eigenvalue weighted by molar-refractivity contribution is 5.79. The molecule has 1 fully saturated rings. The molecule has 3 rings (SSSR count). The van der Waals surface area contributed by atoms with Gasteiger partial charge in [0.25, 0.3) is 0 Å². The summed E-state index contributed by atoms with van der Waals surface area (Å²) < 4.78 is 0. The normalized spacial score (nSPS) is 17.1. The lowest BCUT2D eigenvalue weighted by molar-refractivity contribution is -0.127. The number of carbonyl (C=O) groups excluding carboxylic acids is 1. The summed E-state index contributed by atoms with van der Waals surface area (Å²) >= 11 is 0. The maximum Gasteiger partial charge on any atom is 0.224 e. The number of hydrogen-bond acceptors (Lipinski definition) is 4. The molecule has 26 heavy (non-hydrogen) atoms. The first kappa shape index (κ1) is 18.5. The Morgan fingerprint density at radius 3 is 2.58 bits per heavy atom. The van der Waals surface area contributed by atoms with Gasteiger partial charge in [0.05, 0.1) is 22.8 Å².